The minimum Gasteiger partial charge on any atom is -0.496 e. The molecular weight excluding hydrogens is 408 g/mol. The van der Waals surface area contributed by atoms with Crippen molar-refractivity contribution < 1.29 is 17.9 Å². The second kappa shape index (κ2) is 7.88. The maximum atomic E-state index is 12.7. The van der Waals surface area contributed by atoms with E-state index < -0.39 is 10.0 Å². The average Bonchev–Trinajstić information content (AvgIpc) is 3.14. The van der Waals surface area contributed by atoms with Gasteiger partial charge in [-0.1, -0.05) is 15.9 Å². The van der Waals surface area contributed by atoms with Crippen molar-refractivity contribution in [3.8, 4) is 0 Å². The molecule has 0 aliphatic carbocycles. The van der Waals surface area contributed by atoms with Gasteiger partial charge in [-0.05, 0) is 43.2 Å². The Morgan fingerprint density at radius 1 is 1.24 bits per heavy atom. The van der Waals surface area contributed by atoms with Gasteiger partial charge < -0.3 is 10.1 Å². The Labute approximate surface area is 156 Å². The predicted octanol–water partition coefficient (Wildman–Crippen LogP) is 2.27. The first-order valence-corrected chi connectivity index (χ1v) is 10.6. The highest BCUT2D eigenvalue weighted by molar-refractivity contribution is 9.10. The van der Waals surface area contributed by atoms with E-state index in [0.29, 0.717) is 39.1 Å². The molecule has 1 N–H and O–H groups in total. The molecule has 2 heterocycles. The topological polar surface area (TPSA) is 75.7 Å². The number of nitrogens with one attached hydrogen (secondary N) is 1. The van der Waals surface area contributed by atoms with Gasteiger partial charge in [-0.2, -0.15) is 4.31 Å². The van der Waals surface area contributed by atoms with E-state index in [4.69, 9.17) is 4.74 Å². The fourth-order valence-corrected chi connectivity index (χ4v) is 4.76. The summed E-state index contributed by atoms with van der Waals surface area (Å²) < 4.78 is 33.0. The number of benzene rings is 1. The number of ether oxygens (including phenoxy) is 1. The van der Waals surface area contributed by atoms with Crippen molar-refractivity contribution in [3.05, 3.63) is 40.6 Å². The SMILES string of the molecule is O=C(NCC1=CCCO1)C1CCN(S(=O)(=O)c2ccc(Br)cc2)CC1. The van der Waals surface area contributed by atoms with Gasteiger partial charge in [-0.3, -0.25) is 4.79 Å². The number of hydrogen-bond donors (Lipinski definition) is 1. The fourth-order valence-electron chi connectivity index (χ4n) is 3.02. The van der Waals surface area contributed by atoms with Crippen LogP contribution in [0.15, 0.2) is 45.5 Å². The van der Waals surface area contributed by atoms with E-state index in [1.54, 1.807) is 24.3 Å². The standard InChI is InChI=1S/C17H21BrN2O4S/c18-14-3-5-16(6-4-14)25(22,23)20-9-7-13(8-10-20)17(21)19-12-15-2-1-11-24-15/h2-6,13H,1,7-12H2,(H,19,21). The highest BCUT2D eigenvalue weighted by Gasteiger charge is 2.32. The van der Waals surface area contributed by atoms with Crippen molar-refractivity contribution in [2.75, 3.05) is 26.2 Å². The number of rotatable bonds is 5. The Bertz CT molecular complexity index is 753. The normalized spacial score (nSPS) is 19.3. The molecule has 1 aromatic carbocycles. The quantitative estimate of drug-likeness (QED) is 0.780. The number of sulfonamides is 1. The smallest absolute Gasteiger partial charge is 0.243 e. The Kier molecular flexibility index (Phi) is 5.81. The summed E-state index contributed by atoms with van der Waals surface area (Å²) in [7, 11) is -3.50. The largest absolute Gasteiger partial charge is 0.496 e. The van der Waals surface area contributed by atoms with Crippen LogP contribution in [0.4, 0.5) is 0 Å². The first-order valence-electron chi connectivity index (χ1n) is 8.32. The van der Waals surface area contributed by atoms with E-state index in [9.17, 15) is 13.2 Å². The minimum absolute atomic E-state index is 0.0305. The van der Waals surface area contributed by atoms with Crippen LogP contribution in [-0.4, -0.2) is 44.9 Å². The first kappa shape index (κ1) is 18.4. The van der Waals surface area contributed by atoms with Crippen LogP contribution in [0.5, 0.6) is 0 Å². The van der Waals surface area contributed by atoms with E-state index in [0.717, 1.165) is 16.7 Å². The maximum absolute atomic E-state index is 12.7. The monoisotopic (exact) mass is 428 g/mol. The van der Waals surface area contributed by atoms with Crippen molar-refractivity contribution in [2.45, 2.75) is 24.2 Å². The van der Waals surface area contributed by atoms with Crippen molar-refractivity contribution in [2.24, 2.45) is 5.92 Å². The van der Waals surface area contributed by atoms with Crippen LogP contribution in [0.25, 0.3) is 0 Å². The third-order valence-electron chi connectivity index (χ3n) is 4.49. The lowest BCUT2D eigenvalue weighted by atomic mass is 9.97. The molecule has 6 nitrogen and oxygen atoms in total. The molecular formula is C17H21BrN2O4S. The number of amides is 1. The lowest BCUT2D eigenvalue weighted by molar-refractivity contribution is -0.126. The Morgan fingerprint density at radius 2 is 1.92 bits per heavy atom. The van der Waals surface area contributed by atoms with E-state index in [1.807, 2.05) is 6.08 Å². The third kappa shape index (κ3) is 4.43. The van der Waals surface area contributed by atoms with E-state index in [-0.39, 0.29) is 16.7 Å². The molecule has 0 atom stereocenters. The summed E-state index contributed by atoms with van der Waals surface area (Å²) in [6.45, 7) is 1.80. The molecule has 1 aromatic rings. The summed E-state index contributed by atoms with van der Waals surface area (Å²) in [6.07, 6.45) is 3.92. The molecule has 0 aromatic heterocycles. The number of carbonyl (C=O) groups is 1. The molecule has 25 heavy (non-hydrogen) atoms. The lowest BCUT2D eigenvalue weighted by Crippen LogP contribution is -2.43. The zero-order chi connectivity index (χ0) is 17.9. The van der Waals surface area contributed by atoms with Gasteiger partial charge >= 0.3 is 0 Å². The van der Waals surface area contributed by atoms with Gasteiger partial charge in [0.1, 0.15) is 5.76 Å². The molecule has 2 aliphatic heterocycles. The van der Waals surface area contributed by atoms with E-state index in [1.165, 1.54) is 4.31 Å². The Morgan fingerprint density at radius 3 is 2.52 bits per heavy atom. The maximum Gasteiger partial charge on any atom is 0.243 e. The molecule has 0 spiro atoms. The Hall–Kier alpha value is -1.38. The highest BCUT2D eigenvalue weighted by Crippen LogP contribution is 2.25. The number of piperidine rings is 1. The highest BCUT2D eigenvalue weighted by atomic mass is 79.9. The number of nitrogens with zero attached hydrogens (tertiary/aromatic N) is 1. The predicted molar refractivity (Wildman–Crippen MR) is 97.3 cm³/mol. The number of halogens is 1. The van der Waals surface area contributed by atoms with Crippen molar-refractivity contribution in [3.63, 3.8) is 0 Å². The molecule has 0 bridgehead atoms. The van der Waals surface area contributed by atoms with Crippen molar-refractivity contribution >= 4 is 31.9 Å². The summed E-state index contributed by atoms with van der Waals surface area (Å²) in [5.41, 5.74) is 0. The van der Waals surface area contributed by atoms with Gasteiger partial charge in [-0.15, -0.1) is 0 Å². The Balaban J connectivity index is 1.54. The van der Waals surface area contributed by atoms with Crippen LogP contribution >= 0.6 is 15.9 Å². The molecule has 136 valence electrons. The summed E-state index contributed by atoms with van der Waals surface area (Å²) in [5.74, 6) is 0.624. The molecule has 1 fully saturated rings. The number of carbonyl (C=O) groups excluding carboxylic acids is 1. The van der Waals surface area contributed by atoms with Crippen LogP contribution in [0.2, 0.25) is 0 Å². The zero-order valence-electron chi connectivity index (χ0n) is 13.8. The van der Waals surface area contributed by atoms with Gasteiger partial charge in [0.25, 0.3) is 0 Å². The van der Waals surface area contributed by atoms with Gasteiger partial charge in [0.15, 0.2) is 0 Å². The zero-order valence-corrected chi connectivity index (χ0v) is 16.2. The van der Waals surface area contributed by atoms with Gasteiger partial charge in [0, 0.05) is 29.9 Å². The molecule has 1 saturated heterocycles. The van der Waals surface area contributed by atoms with Crippen LogP contribution in [-0.2, 0) is 19.6 Å². The summed E-state index contributed by atoms with van der Waals surface area (Å²) >= 11 is 3.31. The van der Waals surface area contributed by atoms with Crippen LogP contribution in [0, 0.1) is 5.92 Å². The van der Waals surface area contributed by atoms with Crippen molar-refractivity contribution in [1.82, 2.24) is 9.62 Å². The second-order valence-corrected chi connectivity index (χ2v) is 9.01. The fraction of sp³-hybridized carbons (Fsp3) is 0.471. The van der Waals surface area contributed by atoms with Gasteiger partial charge in [0.2, 0.25) is 15.9 Å². The van der Waals surface area contributed by atoms with Gasteiger partial charge in [0.05, 0.1) is 18.0 Å². The lowest BCUT2D eigenvalue weighted by Gasteiger charge is -2.30. The summed E-state index contributed by atoms with van der Waals surface area (Å²) in [6, 6.07) is 6.61. The molecule has 0 saturated carbocycles. The van der Waals surface area contributed by atoms with Crippen LogP contribution < -0.4 is 5.32 Å². The van der Waals surface area contributed by atoms with Crippen LogP contribution in [0.3, 0.4) is 0 Å². The van der Waals surface area contributed by atoms with E-state index in [2.05, 4.69) is 21.2 Å². The third-order valence-corrected chi connectivity index (χ3v) is 6.93. The molecule has 0 radical (unpaired) electrons. The molecule has 3 rings (SSSR count). The van der Waals surface area contributed by atoms with E-state index >= 15 is 0 Å². The summed E-state index contributed by atoms with van der Waals surface area (Å²) in [5, 5.41) is 2.88. The molecule has 2 aliphatic rings. The van der Waals surface area contributed by atoms with Crippen LogP contribution in [0.1, 0.15) is 19.3 Å². The first-order chi connectivity index (χ1) is 12.0. The molecule has 8 heteroatoms. The minimum atomic E-state index is -3.50. The van der Waals surface area contributed by atoms with Crippen molar-refractivity contribution in [1.29, 1.82) is 0 Å². The number of hydrogen-bond acceptors (Lipinski definition) is 4. The molecule has 0 unspecified atom stereocenters. The summed E-state index contributed by atoms with van der Waals surface area (Å²) in [4.78, 5) is 12.5. The van der Waals surface area contributed by atoms with Gasteiger partial charge in [-0.25, -0.2) is 8.42 Å². The second-order valence-electron chi connectivity index (χ2n) is 6.16. The molecule has 1 amide bonds. The average molecular weight is 429 g/mol.